The van der Waals surface area contributed by atoms with Crippen molar-refractivity contribution in [2.45, 2.75) is 33.7 Å². The second-order valence-electron chi connectivity index (χ2n) is 5.84. The molecule has 1 N–H and O–H groups in total. The van der Waals surface area contributed by atoms with Gasteiger partial charge in [-0.15, -0.1) is 0 Å². The molecule has 0 radical (unpaired) electrons. The second kappa shape index (κ2) is 6.28. The number of aromatic nitrogens is 1. The van der Waals surface area contributed by atoms with Gasteiger partial charge in [0.25, 0.3) is 5.91 Å². The number of hydrogen-bond acceptors (Lipinski definition) is 2. The van der Waals surface area contributed by atoms with E-state index in [9.17, 15) is 9.59 Å². The minimum absolute atomic E-state index is 0.284. The summed E-state index contributed by atoms with van der Waals surface area (Å²) in [5, 5.41) is 9.09. The van der Waals surface area contributed by atoms with E-state index in [1.54, 1.807) is 0 Å². The van der Waals surface area contributed by atoms with Crippen LogP contribution < -0.4 is 0 Å². The number of nitrogens with zero attached hydrogens (tertiary/aromatic N) is 2. The van der Waals surface area contributed by atoms with E-state index in [4.69, 9.17) is 5.11 Å². The minimum atomic E-state index is -1.02. The van der Waals surface area contributed by atoms with E-state index in [1.807, 2.05) is 55.7 Å². The van der Waals surface area contributed by atoms with Crippen LogP contribution in [0, 0.1) is 20.8 Å². The van der Waals surface area contributed by atoms with E-state index in [0.717, 1.165) is 22.6 Å². The third-order valence-electron chi connectivity index (χ3n) is 4.28. The van der Waals surface area contributed by atoms with Crippen molar-refractivity contribution in [2.75, 3.05) is 7.05 Å². The molecule has 2 rings (SSSR count). The SMILES string of the molecule is Cc1ccccc1-n1c(C)cc(C(=O)N(C)C(C)C(=O)O)c1C. The highest BCUT2D eigenvalue weighted by Gasteiger charge is 2.26. The number of likely N-dealkylation sites (N-methyl/N-ethyl adjacent to an activating group) is 1. The summed E-state index contributed by atoms with van der Waals surface area (Å²) in [6.45, 7) is 7.35. The third-order valence-corrected chi connectivity index (χ3v) is 4.28. The van der Waals surface area contributed by atoms with Gasteiger partial charge in [0.1, 0.15) is 6.04 Å². The van der Waals surface area contributed by atoms with Crippen LogP contribution in [-0.4, -0.2) is 39.5 Å². The summed E-state index contributed by atoms with van der Waals surface area (Å²) in [4.78, 5) is 25.0. The molecule has 0 aliphatic carbocycles. The van der Waals surface area contributed by atoms with E-state index in [1.165, 1.54) is 18.9 Å². The van der Waals surface area contributed by atoms with Gasteiger partial charge < -0.3 is 14.6 Å². The molecule has 0 aliphatic heterocycles. The molecule has 1 atom stereocenters. The molecular formula is C18H22N2O3. The Kier molecular flexibility index (Phi) is 4.59. The lowest BCUT2D eigenvalue weighted by atomic mass is 10.1. The molecule has 5 heteroatoms. The van der Waals surface area contributed by atoms with Crippen LogP contribution in [0.2, 0.25) is 0 Å². The average Bonchev–Trinajstić information content (AvgIpc) is 2.80. The van der Waals surface area contributed by atoms with Crippen molar-refractivity contribution in [1.29, 1.82) is 0 Å². The van der Waals surface area contributed by atoms with Gasteiger partial charge in [0.05, 0.1) is 5.56 Å². The summed E-state index contributed by atoms with van der Waals surface area (Å²) in [5.74, 6) is -1.30. The number of carboxylic acid groups (broad SMARTS) is 1. The first-order chi connectivity index (χ1) is 10.8. The summed E-state index contributed by atoms with van der Waals surface area (Å²) >= 11 is 0. The van der Waals surface area contributed by atoms with Gasteiger partial charge in [0.15, 0.2) is 0 Å². The summed E-state index contributed by atoms with van der Waals surface area (Å²) in [6, 6.07) is 8.91. The molecule has 122 valence electrons. The Bertz CT molecular complexity index is 762. The van der Waals surface area contributed by atoms with E-state index in [2.05, 4.69) is 0 Å². The van der Waals surface area contributed by atoms with Crippen molar-refractivity contribution in [3.8, 4) is 5.69 Å². The third kappa shape index (κ3) is 2.99. The number of aryl methyl sites for hydroxylation is 2. The number of hydrogen-bond donors (Lipinski definition) is 1. The van der Waals surface area contributed by atoms with Gasteiger partial charge in [-0.1, -0.05) is 18.2 Å². The second-order valence-corrected chi connectivity index (χ2v) is 5.84. The Morgan fingerprint density at radius 2 is 1.78 bits per heavy atom. The predicted molar refractivity (Wildman–Crippen MR) is 89.2 cm³/mol. The Balaban J connectivity index is 2.48. The predicted octanol–water partition coefficient (Wildman–Crippen LogP) is 2.95. The zero-order valence-electron chi connectivity index (χ0n) is 14.1. The molecule has 1 aromatic carbocycles. The van der Waals surface area contributed by atoms with Crippen LogP contribution in [0.5, 0.6) is 0 Å². The van der Waals surface area contributed by atoms with E-state index in [0.29, 0.717) is 5.56 Å². The van der Waals surface area contributed by atoms with E-state index in [-0.39, 0.29) is 5.91 Å². The molecule has 0 bridgehead atoms. The number of benzene rings is 1. The summed E-state index contributed by atoms with van der Waals surface area (Å²) in [5.41, 5.74) is 4.42. The van der Waals surface area contributed by atoms with Crippen LogP contribution in [0.15, 0.2) is 30.3 Å². The van der Waals surface area contributed by atoms with E-state index >= 15 is 0 Å². The number of carboxylic acids is 1. The van der Waals surface area contributed by atoms with Crippen molar-refractivity contribution < 1.29 is 14.7 Å². The molecule has 1 aromatic heterocycles. The van der Waals surface area contributed by atoms with Crippen molar-refractivity contribution in [3.05, 3.63) is 52.8 Å². The lowest BCUT2D eigenvalue weighted by Gasteiger charge is -2.21. The molecule has 1 amide bonds. The van der Waals surface area contributed by atoms with Gasteiger partial charge in [0.2, 0.25) is 0 Å². The van der Waals surface area contributed by atoms with Crippen LogP contribution in [0.1, 0.15) is 34.2 Å². The van der Waals surface area contributed by atoms with Gasteiger partial charge >= 0.3 is 5.97 Å². The first kappa shape index (κ1) is 16.8. The summed E-state index contributed by atoms with van der Waals surface area (Å²) in [6.07, 6.45) is 0. The molecule has 0 spiro atoms. The van der Waals surface area contributed by atoms with Crippen molar-refractivity contribution in [2.24, 2.45) is 0 Å². The molecule has 2 aromatic rings. The molecule has 0 saturated carbocycles. The van der Waals surface area contributed by atoms with Crippen LogP contribution in [0.3, 0.4) is 0 Å². The minimum Gasteiger partial charge on any atom is -0.480 e. The number of para-hydroxylation sites is 1. The first-order valence-electron chi connectivity index (χ1n) is 7.50. The Morgan fingerprint density at radius 1 is 1.17 bits per heavy atom. The van der Waals surface area contributed by atoms with Crippen LogP contribution in [-0.2, 0) is 4.79 Å². The fourth-order valence-corrected chi connectivity index (χ4v) is 2.70. The molecule has 23 heavy (non-hydrogen) atoms. The van der Waals surface area contributed by atoms with Crippen LogP contribution in [0.25, 0.3) is 5.69 Å². The van der Waals surface area contributed by atoms with Gasteiger partial charge in [-0.2, -0.15) is 0 Å². The average molecular weight is 314 g/mol. The van der Waals surface area contributed by atoms with Crippen LogP contribution in [0.4, 0.5) is 0 Å². The number of rotatable bonds is 4. The zero-order valence-corrected chi connectivity index (χ0v) is 14.1. The van der Waals surface area contributed by atoms with Gasteiger partial charge in [-0.05, 0) is 45.4 Å². The highest BCUT2D eigenvalue weighted by atomic mass is 16.4. The fraction of sp³-hybridized carbons (Fsp3) is 0.333. The Hall–Kier alpha value is -2.56. The van der Waals surface area contributed by atoms with Crippen molar-refractivity contribution in [3.63, 3.8) is 0 Å². The lowest BCUT2D eigenvalue weighted by molar-refractivity contribution is -0.141. The number of carbonyl (C=O) groups excluding carboxylic acids is 1. The maximum atomic E-state index is 12.6. The smallest absolute Gasteiger partial charge is 0.326 e. The molecule has 1 unspecified atom stereocenters. The maximum absolute atomic E-state index is 12.6. The fourth-order valence-electron chi connectivity index (χ4n) is 2.70. The molecule has 5 nitrogen and oxygen atoms in total. The van der Waals surface area contributed by atoms with Crippen LogP contribution >= 0.6 is 0 Å². The monoisotopic (exact) mass is 314 g/mol. The Labute approximate surface area is 136 Å². The standard InChI is InChI=1S/C18H22N2O3/c1-11-8-6-7-9-16(11)20-12(2)10-15(13(20)3)17(21)19(5)14(4)18(22)23/h6-10,14H,1-5H3,(H,22,23). The Morgan fingerprint density at radius 3 is 2.35 bits per heavy atom. The quantitative estimate of drug-likeness (QED) is 0.943. The highest BCUT2D eigenvalue weighted by Crippen LogP contribution is 2.24. The topological polar surface area (TPSA) is 62.5 Å². The van der Waals surface area contributed by atoms with Crippen molar-refractivity contribution in [1.82, 2.24) is 9.47 Å². The van der Waals surface area contributed by atoms with Gasteiger partial charge in [-0.25, -0.2) is 4.79 Å². The zero-order chi connectivity index (χ0) is 17.3. The lowest BCUT2D eigenvalue weighted by Crippen LogP contribution is -2.40. The summed E-state index contributed by atoms with van der Waals surface area (Å²) < 4.78 is 2.03. The maximum Gasteiger partial charge on any atom is 0.326 e. The largest absolute Gasteiger partial charge is 0.480 e. The molecule has 0 saturated heterocycles. The molecule has 0 fully saturated rings. The normalized spacial score (nSPS) is 12.0. The number of amides is 1. The summed E-state index contributed by atoms with van der Waals surface area (Å²) in [7, 11) is 1.51. The van der Waals surface area contributed by atoms with E-state index < -0.39 is 12.0 Å². The highest BCUT2D eigenvalue weighted by molar-refractivity contribution is 5.97. The number of carbonyl (C=O) groups is 2. The molecule has 0 aliphatic rings. The molecule has 1 heterocycles. The van der Waals surface area contributed by atoms with Crippen molar-refractivity contribution >= 4 is 11.9 Å². The van der Waals surface area contributed by atoms with Gasteiger partial charge in [-0.3, -0.25) is 4.79 Å². The molecular weight excluding hydrogens is 292 g/mol. The number of aliphatic carboxylic acids is 1. The van der Waals surface area contributed by atoms with Gasteiger partial charge in [0, 0.05) is 24.1 Å². The first-order valence-corrected chi connectivity index (χ1v) is 7.50.